The third-order valence-electron chi connectivity index (χ3n) is 8.14. The highest BCUT2D eigenvalue weighted by Crippen LogP contribution is 2.38. The fourth-order valence-electron chi connectivity index (χ4n) is 5.51. The van der Waals surface area contributed by atoms with Gasteiger partial charge >= 0.3 is 0 Å². The van der Waals surface area contributed by atoms with Crippen LogP contribution in [0.2, 0.25) is 5.02 Å². The first-order valence-corrected chi connectivity index (χ1v) is 14.8. The van der Waals surface area contributed by atoms with Crippen LogP contribution in [0.15, 0.2) is 54.7 Å². The molecule has 1 aromatic heterocycles. The molecule has 0 atom stereocenters. The lowest BCUT2D eigenvalue weighted by Crippen LogP contribution is -2.39. The van der Waals surface area contributed by atoms with Crippen molar-refractivity contribution in [1.82, 2.24) is 19.8 Å². The molecule has 3 aliphatic rings. The van der Waals surface area contributed by atoms with E-state index in [0.717, 1.165) is 74.5 Å². The predicted octanol–water partition coefficient (Wildman–Crippen LogP) is 5.61. The molecule has 0 radical (unpaired) electrons. The Morgan fingerprint density at radius 3 is 2.50 bits per heavy atom. The van der Waals surface area contributed by atoms with Gasteiger partial charge in [-0.25, -0.2) is 9.97 Å². The van der Waals surface area contributed by atoms with Gasteiger partial charge in [0.1, 0.15) is 5.82 Å². The molecule has 2 aromatic carbocycles. The molecule has 7 nitrogen and oxygen atoms in total. The van der Waals surface area contributed by atoms with Crippen molar-refractivity contribution in [2.24, 2.45) is 5.92 Å². The van der Waals surface area contributed by atoms with Crippen LogP contribution in [0, 0.1) is 12.8 Å². The molecule has 2 amide bonds. The maximum absolute atomic E-state index is 14.1. The fourth-order valence-corrected chi connectivity index (χ4v) is 5.68. The molecule has 0 bridgehead atoms. The van der Waals surface area contributed by atoms with Crippen LogP contribution in [0.1, 0.15) is 71.0 Å². The minimum absolute atomic E-state index is 0.0832. The summed E-state index contributed by atoms with van der Waals surface area (Å²) >= 11 is 6.47. The van der Waals surface area contributed by atoms with Crippen LogP contribution < -0.4 is 4.90 Å². The summed E-state index contributed by atoms with van der Waals surface area (Å²) in [5.41, 5.74) is 4.23. The van der Waals surface area contributed by atoms with Crippen molar-refractivity contribution in [3.05, 3.63) is 88.0 Å². The van der Waals surface area contributed by atoms with Crippen molar-refractivity contribution in [2.45, 2.75) is 58.0 Å². The molecule has 208 valence electrons. The van der Waals surface area contributed by atoms with Crippen LogP contribution in [0.4, 0.5) is 5.69 Å². The molecule has 0 saturated heterocycles. The van der Waals surface area contributed by atoms with E-state index in [4.69, 9.17) is 16.6 Å². The molecule has 2 fully saturated rings. The van der Waals surface area contributed by atoms with Crippen LogP contribution in [0.5, 0.6) is 0 Å². The Morgan fingerprint density at radius 2 is 1.77 bits per heavy atom. The number of hydrogen-bond donors (Lipinski definition) is 0. The Labute approximate surface area is 241 Å². The second-order valence-electron chi connectivity index (χ2n) is 11.4. The molecule has 2 heterocycles. The molecule has 0 unspecified atom stereocenters. The van der Waals surface area contributed by atoms with Gasteiger partial charge in [-0.1, -0.05) is 48.0 Å². The zero-order valence-corrected chi connectivity index (χ0v) is 23.8. The summed E-state index contributed by atoms with van der Waals surface area (Å²) in [6.45, 7) is 5.78. The molecular weight excluding hydrogens is 522 g/mol. The van der Waals surface area contributed by atoms with Crippen molar-refractivity contribution in [2.75, 3.05) is 31.1 Å². The summed E-state index contributed by atoms with van der Waals surface area (Å²) in [5.74, 6) is 1.43. The fraction of sp³-hybridized carbons (Fsp3) is 0.438. The van der Waals surface area contributed by atoms with E-state index in [1.807, 2.05) is 41.0 Å². The van der Waals surface area contributed by atoms with Gasteiger partial charge in [0.15, 0.2) is 0 Å². The molecule has 0 spiro atoms. The van der Waals surface area contributed by atoms with Gasteiger partial charge in [0.2, 0.25) is 5.91 Å². The predicted molar refractivity (Wildman–Crippen MR) is 156 cm³/mol. The van der Waals surface area contributed by atoms with Gasteiger partial charge in [-0.2, -0.15) is 0 Å². The van der Waals surface area contributed by atoms with E-state index in [2.05, 4.69) is 34.1 Å². The normalized spacial score (nSPS) is 18.6. The van der Waals surface area contributed by atoms with Gasteiger partial charge in [0.25, 0.3) is 5.91 Å². The molecule has 40 heavy (non-hydrogen) atoms. The smallest absolute Gasteiger partial charge is 0.257 e. The summed E-state index contributed by atoms with van der Waals surface area (Å²) in [6.07, 6.45) is 6.65. The van der Waals surface area contributed by atoms with Crippen molar-refractivity contribution >= 4 is 29.1 Å². The quantitative estimate of drug-likeness (QED) is 0.408. The Balaban J connectivity index is 1.34. The first-order valence-electron chi connectivity index (χ1n) is 14.4. The van der Waals surface area contributed by atoms with Crippen LogP contribution in [-0.2, 0) is 17.9 Å². The van der Waals surface area contributed by atoms with Crippen LogP contribution in [-0.4, -0.2) is 57.8 Å². The maximum atomic E-state index is 14.1. The maximum Gasteiger partial charge on any atom is 0.257 e. The second-order valence-corrected chi connectivity index (χ2v) is 11.8. The highest BCUT2D eigenvalue weighted by molar-refractivity contribution is 6.31. The van der Waals surface area contributed by atoms with Gasteiger partial charge < -0.3 is 9.80 Å². The molecular formula is C32H36ClN5O2. The summed E-state index contributed by atoms with van der Waals surface area (Å²) in [6, 6.07) is 16.1. The summed E-state index contributed by atoms with van der Waals surface area (Å²) in [5, 5.41) is 0.589. The molecule has 1 aliphatic heterocycles. The van der Waals surface area contributed by atoms with Gasteiger partial charge in [-0.05, 0) is 62.3 Å². The van der Waals surface area contributed by atoms with E-state index in [1.54, 1.807) is 6.20 Å². The number of halogens is 1. The first-order chi connectivity index (χ1) is 19.5. The molecule has 0 N–H and O–H groups in total. The summed E-state index contributed by atoms with van der Waals surface area (Å²) in [7, 11) is 0. The van der Waals surface area contributed by atoms with E-state index in [0.29, 0.717) is 36.1 Å². The van der Waals surface area contributed by atoms with E-state index < -0.39 is 0 Å². The number of amides is 2. The number of hydrogen-bond acceptors (Lipinski definition) is 5. The highest BCUT2D eigenvalue weighted by atomic mass is 35.5. The molecule has 6 rings (SSSR count). The lowest BCUT2D eigenvalue weighted by molar-refractivity contribution is -0.119. The van der Waals surface area contributed by atoms with E-state index in [-0.39, 0.29) is 17.7 Å². The number of anilines is 1. The number of aryl methyl sites for hydroxylation is 1. The zero-order valence-electron chi connectivity index (χ0n) is 23.1. The van der Waals surface area contributed by atoms with Gasteiger partial charge in [-0.15, -0.1) is 0 Å². The van der Waals surface area contributed by atoms with Crippen LogP contribution in [0.25, 0.3) is 0 Å². The van der Waals surface area contributed by atoms with Gasteiger partial charge in [-0.3, -0.25) is 14.5 Å². The third kappa shape index (κ3) is 6.21. The van der Waals surface area contributed by atoms with Crippen LogP contribution in [0.3, 0.4) is 0 Å². The van der Waals surface area contributed by atoms with Crippen LogP contribution >= 0.6 is 11.6 Å². The first kappa shape index (κ1) is 26.9. The SMILES string of the molecule is Cc1nc(C2CC2)ncc1C(=O)N1CCN(Cc2ccccc2)CCCN(C(=O)C2CC2)c2cc(Cl)ccc2C1. The highest BCUT2D eigenvalue weighted by Gasteiger charge is 2.35. The largest absolute Gasteiger partial charge is 0.333 e. The van der Waals surface area contributed by atoms with Crippen molar-refractivity contribution in [3.8, 4) is 0 Å². The monoisotopic (exact) mass is 557 g/mol. The van der Waals surface area contributed by atoms with Gasteiger partial charge in [0, 0.05) is 62.3 Å². The Morgan fingerprint density at radius 1 is 0.975 bits per heavy atom. The third-order valence-corrected chi connectivity index (χ3v) is 8.38. The lowest BCUT2D eigenvalue weighted by atomic mass is 10.1. The van der Waals surface area contributed by atoms with E-state index >= 15 is 0 Å². The molecule has 8 heteroatoms. The number of carbonyl (C=O) groups is 2. The van der Waals surface area contributed by atoms with Crippen molar-refractivity contribution < 1.29 is 9.59 Å². The number of nitrogens with zero attached hydrogens (tertiary/aromatic N) is 5. The summed E-state index contributed by atoms with van der Waals surface area (Å²) < 4.78 is 0. The topological polar surface area (TPSA) is 69.6 Å². The van der Waals surface area contributed by atoms with E-state index in [1.165, 1.54) is 5.56 Å². The Hall–Kier alpha value is -3.29. The standard InChI is InChI=1S/C32H36ClN5O2/c1-22-28(19-34-30(35-22)24-8-9-24)32(40)37-17-16-36(20-23-6-3-2-4-7-23)14-5-15-38(31(39)25-10-11-25)29-18-27(33)13-12-26(29)21-37/h2-4,6-7,12-13,18-19,24-25H,5,8-11,14-17,20-21H2,1H3. The summed E-state index contributed by atoms with van der Waals surface area (Å²) in [4.78, 5) is 43.0. The minimum Gasteiger partial charge on any atom is -0.333 e. The van der Waals surface area contributed by atoms with Crippen molar-refractivity contribution in [3.63, 3.8) is 0 Å². The minimum atomic E-state index is -0.0836. The Bertz CT molecular complexity index is 1390. The molecule has 3 aromatic rings. The zero-order chi connectivity index (χ0) is 27.6. The average Bonchev–Trinajstić information content (AvgIpc) is 3.87. The number of benzene rings is 2. The average molecular weight is 558 g/mol. The Kier molecular flexibility index (Phi) is 7.85. The second kappa shape index (κ2) is 11.7. The number of aromatic nitrogens is 2. The number of carbonyl (C=O) groups excluding carboxylic acids is 2. The molecule has 2 saturated carbocycles. The van der Waals surface area contributed by atoms with E-state index in [9.17, 15) is 9.59 Å². The van der Waals surface area contributed by atoms with Crippen molar-refractivity contribution in [1.29, 1.82) is 0 Å². The lowest BCUT2D eigenvalue weighted by Gasteiger charge is -2.29. The number of fused-ring (bicyclic) bond motifs is 1. The molecule has 2 aliphatic carbocycles. The number of rotatable bonds is 5. The van der Waals surface area contributed by atoms with Gasteiger partial charge in [0.05, 0.1) is 16.9 Å².